The number of fused-ring (bicyclic) bond motifs is 1. The summed E-state index contributed by atoms with van der Waals surface area (Å²) >= 11 is 0. The zero-order valence-corrected chi connectivity index (χ0v) is 13.1. The van der Waals surface area contributed by atoms with Gasteiger partial charge in [-0.05, 0) is 32.9 Å². The van der Waals surface area contributed by atoms with Gasteiger partial charge in [0, 0.05) is 11.6 Å². The Labute approximate surface area is 129 Å². The van der Waals surface area contributed by atoms with E-state index in [0.29, 0.717) is 6.54 Å². The summed E-state index contributed by atoms with van der Waals surface area (Å²) in [7, 11) is 1.63. The minimum Gasteiger partial charge on any atom is -0.497 e. The van der Waals surface area contributed by atoms with Crippen LogP contribution < -0.4 is 15.0 Å². The molecule has 0 aliphatic carbocycles. The molecule has 1 aromatic carbocycles. The smallest absolute Gasteiger partial charge is 0.249 e. The van der Waals surface area contributed by atoms with Crippen LogP contribution in [0.5, 0.6) is 5.75 Å². The quantitative estimate of drug-likeness (QED) is 0.944. The van der Waals surface area contributed by atoms with Gasteiger partial charge in [-0.2, -0.15) is 0 Å². The summed E-state index contributed by atoms with van der Waals surface area (Å²) in [5.74, 6) is 1.52. The number of amides is 1. The van der Waals surface area contributed by atoms with Gasteiger partial charge < -0.3 is 19.5 Å². The van der Waals surface area contributed by atoms with E-state index >= 15 is 0 Å². The average Bonchev–Trinajstić information content (AvgIpc) is 2.82. The first-order valence-corrected chi connectivity index (χ1v) is 7.19. The van der Waals surface area contributed by atoms with Crippen molar-refractivity contribution in [1.82, 2.24) is 5.16 Å². The molecule has 3 rings (SSSR count). The summed E-state index contributed by atoms with van der Waals surface area (Å²) in [4.78, 5) is 14.3. The Hall–Kier alpha value is -2.50. The number of hydrogen-bond acceptors (Lipinski definition) is 5. The highest BCUT2D eigenvalue weighted by molar-refractivity contribution is 6.04. The fraction of sp³-hybridized carbons (Fsp3) is 0.375. The van der Waals surface area contributed by atoms with E-state index in [-0.39, 0.29) is 11.9 Å². The molecule has 1 amide bonds. The second-order valence-electron chi connectivity index (χ2n) is 5.48. The molecule has 0 saturated heterocycles. The molecule has 116 valence electrons. The fourth-order valence-electron chi connectivity index (χ4n) is 2.69. The summed E-state index contributed by atoms with van der Waals surface area (Å²) in [6.45, 7) is 6.05. The largest absolute Gasteiger partial charge is 0.497 e. The molecule has 0 bridgehead atoms. The van der Waals surface area contributed by atoms with Gasteiger partial charge in [-0.25, -0.2) is 0 Å². The van der Waals surface area contributed by atoms with Crippen molar-refractivity contribution in [3.05, 3.63) is 35.2 Å². The van der Waals surface area contributed by atoms with Crippen molar-refractivity contribution in [3.63, 3.8) is 0 Å². The molecule has 2 heterocycles. The van der Waals surface area contributed by atoms with Gasteiger partial charge in [0.2, 0.25) is 5.91 Å². The third kappa shape index (κ3) is 2.30. The van der Waals surface area contributed by atoms with E-state index in [2.05, 4.69) is 10.5 Å². The van der Waals surface area contributed by atoms with E-state index in [4.69, 9.17) is 9.26 Å². The summed E-state index contributed by atoms with van der Waals surface area (Å²) in [6, 6.07) is 5.35. The lowest BCUT2D eigenvalue weighted by atomic mass is 10.1. The van der Waals surface area contributed by atoms with Crippen molar-refractivity contribution in [2.45, 2.75) is 33.4 Å². The van der Waals surface area contributed by atoms with Crippen molar-refractivity contribution in [1.29, 1.82) is 0 Å². The van der Waals surface area contributed by atoms with Crippen LogP contribution >= 0.6 is 0 Å². The molecule has 1 atom stereocenters. The van der Waals surface area contributed by atoms with Gasteiger partial charge in [-0.15, -0.1) is 0 Å². The highest BCUT2D eigenvalue weighted by Gasteiger charge is 2.31. The van der Waals surface area contributed by atoms with Crippen molar-refractivity contribution >= 4 is 17.3 Å². The minimum atomic E-state index is -0.292. The van der Waals surface area contributed by atoms with Crippen LogP contribution in [-0.2, 0) is 11.3 Å². The predicted octanol–water partition coefficient (Wildman–Crippen LogP) is 2.65. The van der Waals surface area contributed by atoms with Crippen LogP contribution in [0.3, 0.4) is 0 Å². The van der Waals surface area contributed by atoms with Crippen molar-refractivity contribution in [2.75, 3.05) is 17.3 Å². The Morgan fingerprint density at radius 2 is 2.18 bits per heavy atom. The number of anilines is 2. The lowest BCUT2D eigenvalue weighted by Gasteiger charge is -2.34. The molecule has 2 aromatic rings. The SMILES string of the molecule is COc1ccc2c(c1)NC(C)C(=O)N2Cc1c(C)noc1C. The van der Waals surface area contributed by atoms with Crippen LogP contribution in [0.25, 0.3) is 0 Å². The number of ether oxygens (including phenoxy) is 1. The predicted molar refractivity (Wildman–Crippen MR) is 83.2 cm³/mol. The number of nitrogens with one attached hydrogen (secondary N) is 1. The van der Waals surface area contributed by atoms with Gasteiger partial charge in [-0.3, -0.25) is 4.79 Å². The van der Waals surface area contributed by atoms with Crippen molar-refractivity contribution < 1.29 is 14.1 Å². The van der Waals surface area contributed by atoms with Crippen molar-refractivity contribution in [2.24, 2.45) is 0 Å². The highest BCUT2D eigenvalue weighted by atomic mass is 16.5. The lowest BCUT2D eigenvalue weighted by molar-refractivity contribution is -0.119. The maximum atomic E-state index is 12.6. The average molecular weight is 301 g/mol. The number of carbonyl (C=O) groups is 1. The lowest BCUT2D eigenvalue weighted by Crippen LogP contribution is -2.45. The second-order valence-corrected chi connectivity index (χ2v) is 5.48. The first-order valence-electron chi connectivity index (χ1n) is 7.19. The Bertz CT molecular complexity index is 704. The Morgan fingerprint density at radius 1 is 1.41 bits per heavy atom. The number of benzene rings is 1. The van der Waals surface area contributed by atoms with Crippen molar-refractivity contribution in [3.8, 4) is 5.75 Å². The molecule has 1 N–H and O–H groups in total. The molecular formula is C16H19N3O3. The topological polar surface area (TPSA) is 67.6 Å². The molecular weight excluding hydrogens is 282 g/mol. The molecule has 0 radical (unpaired) electrons. The molecule has 1 unspecified atom stereocenters. The number of nitrogens with zero attached hydrogens (tertiary/aromatic N) is 2. The zero-order chi connectivity index (χ0) is 15.9. The Kier molecular flexibility index (Phi) is 3.52. The van der Waals surface area contributed by atoms with Crippen LogP contribution in [0.1, 0.15) is 23.9 Å². The van der Waals surface area contributed by atoms with Gasteiger partial charge in [0.15, 0.2) is 0 Å². The highest BCUT2D eigenvalue weighted by Crippen LogP contribution is 2.36. The summed E-state index contributed by atoms with van der Waals surface area (Å²) in [5.41, 5.74) is 3.48. The van der Waals surface area contributed by atoms with Gasteiger partial charge >= 0.3 is 0 Å². The van der Waals surface area contributed by atoms with Crippen LogP contribution in [0.2, 0.25) is 0 Å². The molecule has 6 nitrogen and oxygen atoms in total. The number of rotatable bonds is 3. The molecule has 1 aromatic heterocycles. The number of methoxy groups -OCH3 is 1. The number of carbonyl (C=O) groups excluding carboxylic acids is 1. The number of hydrogen-bond donors (Lipinski definition) is 1. The van der Waals surface area contributed by atoms with E-state index in [9.17, 15) is 4.79 Å². The summed E-state index contributed by atoms with van der Waals surface area (Å²) in [5, 5.41) is 7.17. The van der Waals surface area contributed by atoms with E-state index < -0.39 is 0 Å². The molecule has 1 aliphatic rings. The summed E-state index contributed by atoms with van der Waals surface area (Å²) < 4.78 is 10.5. The third-order valence-electron chi connectivity index (χ3n) is 4.00. The van der Waals surface area contributed by atoms with Gasteiger partial charge in [0.05, 0.1) is 30.7 Å². The van der Waals surface area contributed by atoms with Gasteiger partial charge in [0.1, 0.15) is 17.6 Å². The van der Waals surface area contributed by atoms with Crippen LogP contribution in [0.4, 0.5) is 11.4 Å². The fourth-order valence-corrected chi connectivity index (χ4v) is 2.69. The minimum absolute atomic E-state index is 0.0256. The zero-order valence-electron chi connectivity index (χ0n) is 13.1. The monoisotopic (exact) mass is 301 g/mol. The maximum Gasteiger partial charge on any atom is 0.249 e. The molecule has 1 aliphatic heterocycles. The standard InChI is InChI=1S/C16H19N3O3/c1-9-13(11(3)22-18-9)8-19-15-6-5-12(21-4)7-14(15)17-10(2)16(19)20/h5-7,10,17H,8H2,1-4H3. The first kappa shape index (κ1) is 14.4. The van der Waals surface area contributed by atoms with E-state index in [1.54, 1.807) is 12.0 Å². The normalized spacial score (nSPS) is 17.2. The Morgan fingerprint density at radius 3 is 2.82 bits per heavy atom. The molecule has 22 heavy (non-hydrogen) atoms. The molecule has 0 spiro atoms. The van der Waals surface area contributed by atoms with E-state index in [1.165, 1.54) is 0 Å². The molecule has 6 heteroatoms. The third-order valence-corrected chi connectivity index (χ3v) is 4.00. The first-order chi connectivity index (χ1) is 10.5. The van der Waals surface area contributed by atoms with Crippen LogP contribution in [0.15, 0.2) is 22.7 Å². The second kappa shape index (κ2) is 5.36. The van der Waals surface area contributed by atoms with E-state index in [1.807, 2.05) is 39.0 Å². The number of aryl methyl sites for hydroxylation is 2. The van der Waals surface area contributed by atoms with Crippen LogP contribution in [-0.4, -0.2) is 24.2 Å². The molecule has 0 saturated carbocycles. The Balaban J connectivity index is 2.02. The number of aromatic nitrogens is 1. The van der Waals surface area contributed by atoms with E-state index in [0.717, 1.165) is 34.1 Å². The van der Waals surface area contributed by atoms with Gasteiger partial charge in [0.25, 0.3) is 0 Å². The van der Waals surface area contributed by atoms with Gasteiger partial charge in [-0.1, -0.05) is 5.16 Å². The summed E-state index contributed by atoms with van der Waals surface area (Å²) in [6.07, 6.45) is 0. The maximum absolute atomic E-state index is 12.6. The molecule has 0 fully saturated rings. The van der Waals surface area contributed by atoms with Crippen LogP contribution in [0, 0.1) is 13.8 Å².